The Kier molecular flexibility index (Phi) is 5.97. The van der Waals surface area contributed by atoms with Crippen LogP contribution in [0.3, 0.4) is 0 Å². The molecule has 1 aliphatic carbocycles. The number of nitrogens with one attached hydrogen (secondary N) is 1. The standard InChI is InChI=1S/C11H23NO2S/c1-3-12-11(8-13,10-4-5-10)9-15-7-6-14-2/h10,12-13H,3-9H2,1-2H3. The van der Waals surface area contributed by atoms with E-state index in [1.165, 1.54) is 12.8 Å². The van der Waals surface area contributed by atoms with Gasteiger partial charge in [-0.2, -0.15) is 11.8 Å². The fourth-order valence-electron chi connectivity index (χ4n) is 1.93. The maximum atomic E-state index is 9.57. The minimum Gasteiger partial charge on any atom is -0.394 e. The average Bonchev–Trinajstić information content (AvgIpc) is 3.07. The van der Waals surface area contributed by atoms with Gasteiger partial charge in [-0.15, -0.1) is 0 Å². The summed E-state index contributed by atoms with van der Waals surface area (Å²) in [6, 6.07) is 0. The molecule has 0 bridgehead atoms. The maximum Gasteiger partial charge on any atom is 0.0624 e. The van der Waals surface area contributed by atoms with Crippen LogP contribution in [0.1, 0.15) is 19.8 Å². The van der Waals surface area contributed by atoms with Gasteiger partial charge in [-0.3, -0.25) is 0 Å². The van der Waals surface area contributed by atoms with Crippen molar-refractivity contribution in [3.8, 4) is 0 Å². The zero-order valence-electron chi connectivity index (χ0n) is 9.79. The Morgan fingerprint density at radius 3 is 2.73 bits per heavy atom. The smallest absolute Gasteiger partial charge is 0.0624 e. The molecule has 0 aromatic heterocycles. The lowest BCUT2D eigenvalue weighted by Crippen LogP contribution is -2.52. The molecule has 0 aromatic rings. The number of rotatable bonds is 9. The normalized spacial score (nSPS) is 20.2. The summed E-state index contributed by atoms with van der Waals surface area (Å²) in [5.41, 5.74) is -0.0346. The Balaban J connectivity index is 2.33. The number of likely N-dealkylation sites (N-methyl/N-ethyl adjacent to an activating group) is 1. The van der Waals surface area contributed by atoms with Crippen LogP contribution in [0.5, 0.6) is 0 Å². The van der Waals surface area contributed by atoms with Gasteiger partial charge in [-0.25, -0.2) is 0 Å². The summed E-state index contributed by atoms with van der Waals surface area (Å²) < 4.78 is 5.02. The van der Waals surface area contributed by atoms with E-state index in [-0.39, 0.29) is 12.1 Å². The van der Waals surface area contributed by atoms with Crippen LogP contribution >= 0.6 is 11.8 Å². The van der Waals surface area contributed by atoms with E-state index in [2.05, 4.69) is 12.2 Å². The molecule has 3 nitrogen and oxygen atoms in total. The highest BCUT2D eigenvalue weighted by atomic mass is 32.2. The van der Waals surface area contributed by atoms with E-state index in [1.807, 2.05) is 11.8 Å². The number of ether oxygens (including phenoxy) is 1. The predicted molar refractivity (Wildman–Crippen MR) is 65.4 cm³/mol. The van der Waals surface area contributed by atoms with Crippen LogP contribution in [0.4, 0.5) is 0 Å². The van der Waals surface area contributed by atoms with Gasteiger partial charge in [0, 0.05) is 18.6 Å². The van der Waals surface area contributed by atoms with Crippen LogP contribution in [0, 0.1) is 5.92 Å². The summed E-state index contributed by atoms with van der Waals surface area (Å²) >= 11 is 1.87. The molecule has 0 saturated heterocycles. The van der Waals surface area contributed by atoms with Crippen molar-refractivity contribution >= 4 is 11.8 Å². The molecule has 2 N–H and O–H groups in total. The van der Waals surface area contributed by atoms with Crippen molar-refractivity contribution in [1.29, 1.82) is 0 Å². The van der Waals surface area contributed by atoms with Gasteiger partial charge in [0.2, 0.25) is 0 Å². The molecule has 0 aromatic carbocycles. The Labute approximate surface area is 97.0 Å². The first-order chi connectivity index (χ1) is 7.29. The topological polar surface area (TPSA) is 41.5 Å². The highest BCUT2D eigenvalue weighted by Gasteiger charge is 2.43. The molecule has 1 unspecified atom stereocenters. The minimum atomic E-state index is -0.0346. The lowest BCUT2D eigenvalue weighted by molar-refractivity contribution is 0.161. The second-order valence-electron chi connectivity index (χ2n) is 4.16. The van der Waals surface area contributed by atoms with Gasteiger partial charge in [0.15, 0.2) is 0 Å². The second-order valence-corrected chi connectivity index (χ2v) is 5.27. The van der Waals surface area contributed by atoms with E-state index in [4.69, 9.17) is 4.74 Å². The molecule has 1 saturated carbocycles. The molecule has 1 rings (SSSR count). The molecule has 0 heterocycles. The number of methoxy groups -OCH3 is 1. The van der Waals surface area contributed by atoms with E-state index in [0.717, 1.165) is 24.7 Å². The second kappa shape index (κ2) is 6.74. The first-order valence-electron chi connectivity index (χ1n) is 5.71. The van der Waals surface area contributed by atoms with Crippen molar-refractivity contribution in [2.45, 2.75) is 25.3 Å². The van der Waals surface area contributed by atoms with Crippen LogP contribution in [0.25, 0.3) is 0 Å². The lowest BCUT2D eigenvalue weighted by atomic mass is 9.97. The first kappa shape index (κ1) is 13.3. The molecule has 0 aliphatic heterocycles. The van der Waals surface area contributed by atoms with Crippen molar-refractivity contribution in [2.75, 3.05) is 38.4 Å². The summed E-state index contributed by atoms with van der Waals surface area (Å²) in [5.74, 6) is 2.68. The van der Waals surface area contributed by atoms with Crippen LogP contribution in [0.2, 0.25) is 0 Å². The first-order valence-corrected chi connectivity index (χ1v) is 6.87. The van der Waals surface area contributed by atoms with Crippen molar-refractivity contribution in [3.05, 3.63) is 0 Å². The third-order valence-electron chi connectivity index (χ3n) is 2.96. The summed E-state index contributed by atoms with van der Waals surface area (Å²) in [7, 11) is 1.73. The fourth-order valence-corrected chi connectivity index (χ4v) is 3.15. The van der Waals surface area contributed by atoms with Gasteiger partial charge in [0.1, 0.15) is 0 Å². The fraction of sp³-hybridized carbons (Fsp3) is 1.00. The van der Waals surface area contributed by atoms with E-state index in [1.54, 1.807) is 7.11 Å². The lowest BCUT2D eigenvalue weighted by Gasteiger charge is -2.33. The quantitative estimate of drug-likeness (QED) is 0.586. The summed E-state index contributed by atoms with van der Waals surface area (Å²) in [5, 5.41) is 13.0. The summed E-state index contributed by atoms with van der Waals surface area (Å²) in [6.45, 7) is 4.09. The molecule has 0 radical (unpaired) electrons. The molecule has 0 spiro atoms. The monoisotopic (exact) mass is 233 g/mol. The molecule has 1 aliphatic rings. The van der Waals surface area contributed by atoms with Gasteiger partial charge < -0.3 is 15.2 Å². The minimum absolute atomic E-state index is 0.0346. The van der Waals surface area contributed by atoms with E-state index >= 15 is 0 Å². The SMILES string of the molecule is CCNC(CO)(CSCCOC)C1CC1. The molecular weight excluding hydrogens is 210 g/mol. The van der Waals surface area contributed by atoms with Crippen molar-refractivity contribution in [3.63, 3.8) is 0 Å². The summed E-state index contributed by atoms with van der Waals surface area (Å²) in [4.78, 5) is 0. The Morgan fingerprint density at radius 1 is 1.53 bits per heavy atom. The highest BCUT2D eigenvalue weighted by molar-refractivity contribution is 7.99. The van der Waals surface area contributed by atoms with Crippen molar-refractivity contribution in [1.82, 2.24) is 5.32 Å². The number of hydrogen-bond acceptors (Lipinski definition) is 4. The van der Waals surface area contributed by atoms with E-state index < -0.39 is 0 Å². The Morgan fingerprint density at radius 2 is 2.27 bits per heavy atom. The van der Waals surface area contributed by atoms with Crippen LogP contribution < -0.4 is 5.32 Å². The number of thioether (sulfide) groups is 1. The number of aliphatic hydroxyl groups excluding tert-OH is 1. The van der Waals surface area contributed by atoms with Crippen molar-refractivity contribution < 1.29 is 9.84 Å². The predicted octanol–water partition coefficient (Wildman–Crippen LogP) is 1.12. The van der Waals surface area contributed by atoms with Gasteiger partial charge in [0.25, 0.3) is 0 Å². The molecule has 15 heavy (non-hydrogen) atoms. The van der Waals surface area contributed by atoms with E-state index in [0.29, 0.717) is 5.92 Å². The van der Waals surface area contributed by atoms with Crippen LogP contribution in [-0.2, 0) is 4.74 Å². The Hall–Kier alpha value is 0.230. The number of hydrogen-bond donors (Lipinski definition) is 2. The van der Waals surface area contributed by atoms with E-state index in [9.17, 15) is 5.11 Å². The molecule has 1 fully saturated rings. The molecule has 90 valence electrons. The van der Waals surface area contributed by atoms with Gasteiger partial charge in [0.05, 0.1) is 18.8 Å². The molecule has 0 amide bonds. The number of aliphatic hydroxyl groups is 1. The van der Waals surface area contributed by atoms with Gasteiger partial charge in [-0.05, 0) is 25.3 Å². The van der Waals surface area contributed by atoms with Crippen LogP contribution in [0.15, 0.2) is 0 Å². The highest BCUT2D eigenvalue weighted by Crippen LogP contribution is 2.41. The third kappa shape index (κ3) is 3.94. The molecule has 4 heteroatoms. The maximum absolute atomic E-state index is 9.57. The van der Waals surface area contributed by atoms with Crippen LogP contribution in [-0.4, -0.2) is 49.0 Å². The Bertz CT molecular complexity index is 176. The largest absolute Gasteiger partial charge is 0.394 e. The third-order valence-corrected chi connectivity index (χ3v) is 4.14. The average molecular weight is 233 g/mol. The molecule has 1 atom stereocenters. The zero-order chi connectivity index (χ0) is 11.1. The molecular formula is C11H23NO2S. The summed E-state index contributed by atoms with van der Waals surface area (Å²) in [6.07, 6.45) is 2.52. The zero-order valence-corrected chi connectivity index (χ0v) is 10.6. The van der Waals surface area contributed by atoms with Crippen molar-refractivity contribution in [2.24, 2.45) is 5.92 Å². The van der Waals surface area contributed by atoms with Gasteiger partial charge in [-0.1, -0.05) is 6.92 Å². The van der Waals surface area contributed by atoms with Gasteiger partial charge >= 0.3 is 0 Å².